The first-order valence-corrected chi connectivity index (χ1v) is 7.83. The molecule has 0 heterocycles. The Balaban J connectivity index is 2.45. The van der Waals surface area contributed by atoms with Crippen molar-refractivity contribution in [3.05, 3.63) is 0 Å². The van der Waals surface area contributed by atoms with Gasteiger partial charge in [0, 0.05) is 17.7 Å². The molecule has 0 aromatic heterocycles. The Hall–Kier alpha value is -1.44. The standard InChI is InChI=1S/C12H21N3O4S/c1-20-9-4-2-3-7(9)14-12(19)15-8(11(17)18)5-6-10(13)16/h7-9H,2-6H2,1H3,(H2,13,16)(H,17,18)(H2,14,15,19). The van der Waals surface area contributed by atoms with Crippen molar-refractivity contribution in [1.82, 2.24) is 10.6 Å². The number of hydrogen-bond acceptors (Lipinski definition) is 4. The molecule has 7 nitrogen and oxygen atoms in total. The Bertz CT molecular complexity index is 378. The minimum Gasteiger partial charge on any atom is -0.480 e. The van der Waals surface area contributed by atoms with Gasteiger partial charge in [-0.2, -0.15) is 11.8 Å². The number of carboxylic acid groups (broad SMARTS) is 1. The molecule has 5 N–H and O–H groups in total. The first-order chi connectivity index (χ1) is 9.43. The molecule has 0 aromatic carbocycles. The zero-order valence-corrected chi connectivity index (χ0v) is 12.2. The number of thioether (sulfide) groups is 1. The van der Waals surface area contributed by atoms with E-state index in [-0.39, 0.29) is 18.9 Å². The molecule has 114 valence electrons. The molecule has 0 radical (unpaired) electrons. The Kier molecular flexibility index (Phi) is 6.63. The molecule has 1 rings (SSSR count). The fraction of sp³-hybridized carbons (Fsp3) is 0.750. The molecule has 0 spiro atoms. The summed E-state index contributed by atoms with van der Waals surface area (Å²) < 4.78 is 0. The van der Waals surface area contributed by atoms with Crippen LogP contribution in [0, 0.1) is 0 Å². The number of aliphatic carboxylic acids is 1. The monoisotopic (exact) mass is 303 g/mol. The molecule has 1 aliphatic rings. The molecule has 3 atom stereocenters. The van der Waals surface area contributed by atoms with Crippen molar-refractivity contribution < 1.29 is 19.5 Å². The minimum atomic E-state index is -1.17. The molecular formula is C12H21N3O4S. The van der Waals surface area contributed by atoms with Gasteiger partial charge in [0.15, 0.2) is 0 Å². The van der Waals surface area contributed by atoms with E-state index in [0.29, 0.717) is 5.25 Å². The third-order valence-corrected chi connectivity index (χ3v) is 4.52. The number of urea groups is 1. The number of amides is 3. The summed E-state index contributed by atoms with van der Waals surface area (Å²) in [6.45, 7) is 0. The highest BCUT2D eigenvalue weighted by Crippen LogP contribution is 2.28. The van der Waals surface area contributed by atoms with Gasteiger partial charge in [0.25, 0.3) is 0 Å². The quantitative estimate of drug-likeness (QED) is 0.538. The molecular weight excluding hydrogens is 282 g/mol. The number of hydrogen-bond donors (Lipinski definition) is 4. The van der Waals surface area contributed by atoms with E-state index < -0.39 is 23.9 Å². The molecule has 0 bridgehead atoms. The maximum atomic E-state index is 11.8. The summed E-state index contributed by atoms with van der Waals surface area (Å²) in [5.74, 6) is -1.76. The summed E-state index contributed by atoms with van der Waals surface area (Å²) in [4.78, 5) is 33.5. The molecule has 3 unspecified atom stereocenters. The van der Waals surface area contributed by atoms with Crippen LogP contribution in [0.3, 0.4) is 0 Å². The zero-order valence-electron chi connectivity index (χ0n) is 11.4. The van der Waals surface area contributed by atoms with Gasteiger partial charge in [-0.25, -0.2) is 9.59 Å². The van der Waals surface area contributed by atoms with Crippen LogP contribution in [-0.4, -0.2) is 46.6 Å². The average Bonchev–Trinajstić information content (AvgIpc) is 2.80. The molecule has 20 heavy (non-hydrogen) atoms. The molecule has 8 heteroatoms. The average molecular weight is 303 g/mol. The number of rotatable bonds is 7. The van der Waals surface area contributed by atoms with E-state index in [0.717, 1.165) is 19.3 Å². The number of carboxylic acids is 1. The summed E-state index contributed by atoms with van der Waals surface area (Å²) in [6.07, 6.45) is 4.92. The van der Waals surface area contributed by atoms with Crippen molar-refractivity contribution in [2.24, 2.45) is 5.73 Å². The van der Waals surface area contributed by atoms with E-state index in [2.05, 4.69) is 10.6 Å². The number of primary amides is 1. The predicted octanol–water partition coefficient (Wildman–Crippen LogP) is 0.288. The van der Waals surface area contributed by atoms with Crippen LogP contribution in [-0.2, 0) is 9.59 Å². The Morgan fingerprint density at radius 2 is 2.10 bits per heavy atom. The van der Waals surface area contributed by atoms with Gasteiger partial charge in [-0.05, 0) is 25.5 Å². The lowest BCUT2D eigenvalue weighted by Crippen LogP contribution is -2.50. The van der Waals surface area contributed by atoms with Crippen molar-refractivity contribution in [2.75, 3.05) is 6.26 Å². The lowest BCUT2D eigenvalue weighted by molar-refractivity contribution is -0.139. The van der Waals surface area contributed by atoms with Crippen LogP contribution in [0.25, 0.3) is 0 Å². The second kappa shape index (κ2) is 7.98. The smallest absolute Gasteiger partial charge is 0.326 e. The van der Waals surface area contributed by atoms with Crippen LogP contribution in [0.15, 0.2) is 0 Å². The molecule has 1 saturated carbocycles. The summed E-state index contributed by atoms with van der Waals surface area (Å²) in [7, 11) is 0. The third-order valence-electron chi connectivity index (χ3n) is 3.35. The maximum absolute atomic E-state index is 11.8. The highest BCUT2D eigenvalue weighted by Gasteiger charge is 2.29. The molecule has 0 saturated heterocycles. The van der Waals surface area contributed by atoms with E-state index in [4.69, 9.17) is 10.8 Å². The van der Waals surface area contributed by atoms with Gasteiger partial charge in [-0.1, -0.05) is 6.42 Å². The third kappa shape index (κ3) is 5.28. The number of carbonyl (C=O) groups excluding carboxylic acids is 2. The fourth-order valence-electron chi connectivity index (χ4n) is 2.29. The maximum Gasteiger partial charge on any atom is 0.326 e. The van der Waals surface area contributed by atoms with Gasteiger partial charge >= 0.3 is 12.0 Å². The number of nitrogens with one attached hydrogen (secondary N) is 2. The van der Waals surface area contributed by atoms with E-state index in [1.165, 1.54) is 0 Å². The Morgan fingerprint density at radius 3 is 2.65 bits per heavy atom. The van der Waals surface area contributed by atoms with Crippen molar-refractivity contribution >= 4 is 29.7 Å². The van der Waals surface area contributed by atoms with Crippen molar-refractivity contribution in [3.8, 4) is 0 Å². The van der Waals surface area contributed by atoms with Crippen LogP contribution < -0.4 is 16.4 Å². The fourth-order valence-corrected chi connectivity index (χ4v) is 3.22. The van der Waals surface area contributed by atoms with Gasteiger partial charge in [0.05, 0.1) is 0 Å². The van der Waals surface area contributed by atoms with Crippen molar-refractivity contribution in [3.63, 3.8) is 0 Å². The van der Waals surface area contributed by atoms with Crippen LogP contribution >= 0.6 is 11.8 Å². The summed E-state index contributed by atoms with van der Waals surface area (Å²) in [6, 6.07) is -1.54. The van der Waals surface area contributed by atoms with Crippen LogP contribution in [0.1, 0.15) is 32.1 Å². The largest absolute Gasteiger partial charge is 0.480 e. The van der Waals surface area contributed by atoms with Gasteiger partial charge in [0.2, 0.25) is 5.91 Å². The second-order valence-corrected chi connectivity index (χ2v) is 5.90. The summed E-state index contributed by atoms with van der Waals surface area (Å²) in [5.41, 5.74) is 4.98. The minimum absolute atomic E-state index is 0.00525. The first kappa shape index (κ1) is 16.6. The van der Waals surface area contributed by atoms with Crippen LogP contribution in [0.4, 0.5) is 4.79 Å². The number of carbonyl (C=O) groups is 3. The van der Waals surface area contributed by atoms with Gasteiger partial charge in [-0.15, -0.1) is 0 Å². The number of nitrogens with two attached hydrogens (primary N) is 1. The highest BCUT2D eigenvalue weighted by molar-refractivity contribution is 7.99. The second-order valence-electron chi connectivity index (χ2n) is 4.83. The van der Waals surface area contributed by atoms with E-state index in [9.17, 15) is 14.4 Å². The molecule has 1 aliphatic carbocycles. The lowest BCUT2D eigenvalue weighted by Gasteiger charge is -2.21. The summed E-state index contributed by atoms with van der Waals surface area (Å²) >= 11 is 1.70. The van der Waals surface area contributed by atoms with Crippen molar-refractivity contribution in [2.45, 2.75) is 49.4 Å². The van der Waals surface area contributed by atoms with Crippen LogP contribution in [0.2, 0.25) is 0 Å². The first-order valence-electron chi connectivity index (χ1n) is 6.55. The van der Waals surface area contributed by atoms with Crippen LogP contribution in [0.5, 0.6) is 0 Å². The Morgan fingerprint density at radius 1 is 1.40 bits per heavy atom. The molecule has 0 aliphatic heterocycles. The molecule has 1 fully saturated rings. The molecule has 0 aromatic rings. The van der Waals surface area contributed by atoms with Crippen molar-refractivity contribution in [1.29, 1.82) is 0 Å². The lowest BCUT2D eigenvalue weighted by atomic mass is 10.1. The van der Waals surface area contributed by atoms with E-state index in [1.54, 1.807) is 11.8 Å². The zero-order chi connectivity index (χ0) is 15.1. The molecule has 3 amide bonds. The predicted molar refractivity (Wildman–Crippen MR) is 76.5 cm³/mol. The van der Waals surface area contributed by atoms with E-state index in [1.807, 2.05) is 6.26 Å². The van der Waals surface area contributed by atoms with E-state index >= 15 is 0 Å². The SMILES string of the molecule is CSC1CCCC1NC(=O)NC(CCC(N)=O)C(=O)O. The van der Waals surface area contributed by atoms with Gasteiger partial charge in [0.1, 0.15) is 6.04 Å². The normalized spacial score (nSPS) is 23.1. The highest BCUT2D eigenvalue weighted by atomic mass is 32.2. The Labute approximate surface area is 122 Å². The summed E-state index contributed by atoms with van der Waals surface area (Å²) in [5, 5.41) is 14.5. The van der Waals surface area contributed by atoms with Gasteiger partial charge < -0.3 is 21.5 Å². The topological polar surface area (TPSA) is 122 Å². The van der Waals surface area contributed by atoms with Gasteiger partial charge in [-0.3, -0.25) is 4.79 Å².